The van der Waals surface area contributed by atoms with E-state index < -0.39 is 11.8 Å². The topological polar surface area (TPSA) is 76.7 Å². The van der Waals surface area contributed by atoms with E-state index in [1.807, 2.05) is 19.1 Å². The summed E-state index contributed by atoms with van der Waals surface area (Å²) < 4.78 is 12.3. The molecule has 6 nitrogen and oxygen atoms in total. The van der Waals surface area contributed by atoms with Gasteiger partial charge in [-0.3, -0.25) is 20.4 Å². The number of hydrazine groups is 1. The number of hydrogen-bond acceptors (Lipinski definition) is 4. The van der Waals surface area contributed by atoms with E-state index in [0.29, 0.717) is 17.1 Å². The lowest BCUT2D eigenvalue weighted by atomic mass is 10.2. The summed E-state index contributed by atoms with van der Waals surface area (Å²) >= 11 is 5.43. The molecule has 0 aliphatic heterocycles. The van der Waals surface area contributed by atoms with Gasteiger partial charge in [-0.1, -0.05) is 15.9 Å². The van der Waals surface area contributed by atoms with E-state index in [2.05, 4.69) is 49.4 Å². The Morgan fingerprint density at radius 2 is 1.84 bits per heavy atom. The maximum atomic E-state index is 12.1. The zero-order chi connectivity index (χ0) is 18.4. The third-order valence-electron chi connectivity index (χ3n) is 3.23. The standard InChI is InChI=1S/C17H16BrIN2O4/c1-10-7-12(18)4-6-14(10)25-9-16(22)20-21-17(23)11-3-5-15(24-2)13(19)8-11/h3-8H,9H2,1-2H3,(H,20,22)(H,21,23). The molecule has 8 heteroatoms. The lowest BCUT2D eigenvalue weighted by Crippen LogP contribution is -2.43. The number of carbonyl (C=O) groups excluding carboxylic acids is 2. The van der Waals surface area contributed by atoms with Crippen molar-refractivity contribution in [2.24, 2.45) is 0 Å². The number of benzene rings is 2. The van der Waals surface area contributed by atoms with Crippen LogP contribution in [0.25, 0.3) is 0 Å². The van der Waals surface area contributed by atoms with Gasteiger partial charge in [-0.05, 0) is 71.5 Å². The van der Waals surface area contributed by atoms with E-state index >= 15 is 0 Å². The van der Waals surface area contributed by atoms with Gasteiger partial charge in [0, 0.05) is 10.0 Å². The third kappa shape index (κ3) is 5.60. The zero-order valence-corrected chi connectivity index (χ0v) is 17.3. The Balaban J connectivity index is 1.85. The van der Waals surface area contributed by atoms with Crippen molar-refractivity contribution < 1.29 is 19.1 Å². The molecule has 0 saturated heterocycles. The Morgan fingerprint density at radius 1 is 1.12 bits per heavy atom. The molecule has 0 aliphatic rings. The number of methoxy groups -OCH3 is 1. The monoisotopic (exact) mass is 518 g/mol. The highest BCUT2D eigenvalue weighted by molar-refractivity contribution is 14.1. The van der Waals surface area contributed by atoms with Crippen LogP contribution in [0.4, 0.5) is 0 Å². The number of rotatable bonds is 5. The van der Waals surface area contributed by atoms with Crippen molar-refractivity contribution >= 4 is 50.3 Å². The first-order chi connectivity index (χ1) is 11.9. The minimum atomic E-state index is -0.459. The zero-order valence-electron chi connectivity index (χ0n) is 13.6. The molecule has 0 radical (unpaired) electrons. The summed E-state index contributed by atoms with van der Waals surface area (Å²) in [6.07, 6.45) is 0. The first-order valence-corrected chi connectivity index (χ1v) is 9.09. The molecule has 0 fully saturated rings. The molecular weight excluding hydrogens is 503 g/mol. The molecule has 2 N–H and O–H groups in total. The molecular formula is C17H16BrIN2O4. The maximum Gasteiger partial charge on any atom is 0.276 e. The number of halogens is 2. The van der Waals surface area contributed by atoms with Crippen molar-refractivity contribution in [3.63, 3.8) is 0 Å². The first kappa shape index (κ1) is 19.5. The predicted octanol–water partition coefficient (Wildman–Crippen LogP) is 3.21. The van der Waals surface area contributed by atoms with Crippen LogP contribution in [0.5, 0.6) is 11.5 Å². The fraction of sp³-hybridized carbons (Fsp3) is 0.176. The Morgan fingerprint density at radius 3 is 2.48 bits per heavy atom. The molecule has 2 aromatic carbocycles. The Labute approximate surface area is 167 Å². The molecule has 0 aromatic heterocycles. The summed E-state index contributed by atoms with van der Waals surface area (Å²) in [7, 11) is 1.56. The van der Waals surface area contributed by atoms with Gasteiger partial charge in [0.1, 0.15) is 11.5 Å². The second kappa shape index (κ2) is 9.04. The Hall–Kier alpha value is -1.81. The summed E-state index contributed by atoms with van der Waals surface area (Å²) in [5.74, 6) is 0.404. The average molecular weight is 519 g/mol. The van der Waals surface area contributed by atoms with Gasteiger partial charge in [0.05, 0.1) is 10.7 Å². The van der Waals surface area contributed by atoms with Crippen molar-refractivity contribution in [3.05, 3.63) is 55.6 Å². The molecule has 0 unspecified atom stereocenters. The molecule has 0 bridgehead atoms. The van der Waals surface area contributed by atoms with Gasteiger partial charge in [0.15, 0.2) is 6.61 Å². The second-order valence-corrected chi connectivity index (χ2v) is 7.13. The van der Waals surface area contributed by atoms with Gasteiger partial charge < -0.3 is 9.47 Å². The van der Waals surface area contributed by atoms with E-state index in [0.717, 1.165) is 13.6 Å². The maximum absolute atomic E-state index is 12.1. The first-order valence-electron chi connectivity index (χ1n) is 7.22. The normalized spacial score (nSPS) is 10.1. The molecule has 2 amide bonds. The highest BCUT2D eigenvalue weighted by atomic mass is 127. The smallest absolute Gasteiger partial charge is 0.276 e. The summed E-state index contributed by atoms with van der Waals surface area (Å²) in [4.78, 5) is 23.9. The summed E-state index contributed by atoms with van der Waals surface area (Å²) in [5.41, 5.74) is 5.99. The fourth-order valence-electron chi connectivity index (χ4n) is 1.96. The highest BCUT2D eigenvalue weighted by Crippen LogP contribution is 2.22. The van der Waals surface area contributed by atoms with Gasteiger partial charge in [0.25, 0.3) is 11.8 Å². The number of hydrogen-bond donors (Lipinski definition) is 2. The van der Waals surface area contributed by atoms with Crippen LogP contribution >= 0.6 is 38.5 Å². The van der Waals surface area contributed by atoms with Crippen molar-refractivity contribution in [2.45, 2.75) is 6.92 Å². The van der Waals surface area contributed by atoms with Crippen LogP contribution < -0.4 is 20.3 Å². The number of nitrogens with one attached hydrogen (secondary N) is 2. The molecule has 0 spiro atoms. The van der Waals surface area contributed by atoms with Crippen LogP contribution in [0.1, 0.15) is 15.9 Å². The van der Waals surface area contributed by atoms with Crippen LogP contribution in [-0.2, 0) is 4.79 Å². The fourth-order valence-corrected chi connectivity index (χ4v) is 3.17. The molecule has 132 valence electrons. The molecule has 2 aromatic rings. The Kier molecular flexibility index (Phi) is 7.06. The lowest BCUT2D eigenvalue weighted by molar-refractivity contribution is -0.123. The molecule has 2 rings (SSSR count). The van der Waals surface area contributed by atoms with E-state index in [-0.39, 0.29) is 6.61 Å². The van der Waals surface area contributed by atoms with Crippen molar-refractivity contribution in [1.82, 2.24) is 10.9 Å². The molecule has 0 heterocycles. The second-order valence-electron chi connectivity index (χ2n) is 5.05. The van der Waals surface area contributed by atoms with E-state index in [9.17, 15) is 9.59 Å². The van der Waals surface area contributed by atoms with E-state index in [4.69, 9.17) is 9.47 Å². The molecule has 25 heavy (non-hydrogen) atoms. The molecule has 0 atom stereocenters. The van der Waals surface area contributed by atoms with Gasteiger partial charge >= 0.3 is 0 Å². The summed E-state index contributed by atoms with van der Waals surface area (Å²) in [6, 6.07) is 10.5. The van der Waals surface area contributed by atoms with Crippen molar-refractivity contribution in [3.8, 4) is 11.5 Å². The summed E-state index contributed by atoms with van der Waals surface area (Å²) in [6.45, 7) is 1.67. The summed E-state index contributed by atoms with van der Waals surface area (Å²) in [5, 5.41) is 0. The SMILES string of the molecule is COc1ccc(C(=O)NNC(=O)COc2ccc(Br)cc2C)cc1I. The van der Waals surface area contributed by atoms with Gasteiger partial charge in [-0.15, -0.1) is 0 Å². The largest absolute Gasteiger partial charge is 0.496 e. The van der Waals surface area contributed by atoms with E-state index in [1.54, 1.807) is 31.4 Å². The minimum absolute atomic E-state index is 0.205. The lowest BCUT2D eigenvalue weighted by Gasteiger charge is -2.11. The number of carbonyl (C=O) groups is 2. The highest BCUT2D eigenvalue weighted by Gasteiger charge is 2.11. The van der Waals surface area contributed by atoms with Crippen LogP contribution in [0.15, 0.2) is 40.9 Å². The van der Waals surface area contributed by atoms with E-state index in [1.165, 1.54) is 0 Å². The van der Waals surface area contributed by atoms with Crippen molar-refractivity contribution in [2.75, 3.05) is 13.7 Å². The number of amides is 2. The number of aryl methyl sites for hydroxylation is 1. The van der Waals surface area contributed by atoms with Crippen LogP contribution in [-0.4, -0.2) is 25.5 Å². The van der Waals surface area contributed by atoms with Crippen LogP contribution in [0, 0.1) is 10.5 Å². The van der Waals surface area contributed by atoms with Crippen LogP contribution in [0.3, 0.4) is 0 Å². The quantitative estimate of drug-likeness (QED) is 0.471. The average Bonchev–Trinajstić information content (AvgIpc) is 2.58. The Bertz CT molecular complexity index is 798. The molecule has 0 aliphatic carbocycles. The van der Waals surface area contributed by atoms with Gasteiger partial charge in [0.2, 0.25) is 0 Å². The molecule has 0 saturated carbocycles. The van der Waals surface area contributed by atoms with Gasteiger partial charge in [-0.2, -0.15) is 0 Å². The van der Waals surface area contributed by atoms with Crippen molar-refractivity contribution in [1.29, 1.82) is 0 Å². The number of ether oxygens (including phenoxy) is 2. The van der Waals surface area contributed by atoms with Crippen LogP contribution in [0.2, 0.25) is 0 Å². The predicted molar refractivity (Wildman–Crippen MR) is 106 cm³/mol. The van der Waals surface area contributed by atoms with Gasteiger partial charge in [-0.25, -0.2) is 0 Å². The minimum Gasteiger partial charge on any atom is -0.496 e. The third-order valence-corrected chi connectivity index (χ3v) is 4.56.